The molecule has 1 fully saturated rings. The number of carbonyl (C=O) groups excluding carboxylic acids is 5. The minimum atomic E-state index is 0.240. The Hall–Kier alpha value is -17.6. The molecule has 0 amide bonds. The van der Waals surface area contributed by atoms with Crippen LogP contribution in [0.2, 0.25) is 0 Å². The fourth-order valence-corrected chi connectivity index (χ4v) is 19.6. The van der Waals surface area contributed by atoms with Gasteiger partial charge >= 0.3 is 0 Å². The summed E-state index contributed by atoms with van der Waals surface area (Å²) >= 11 is 6.77. The first-order chi connectivity index (χ1) is 72.4. The summed E-state index contributed by atoms with van der Waals surface area (Å²) in [6, 6.07) is 93.7. The zero-order chi connectivity index (χ0) is 101. The Bertz CT molecular complexity index is 8010. The highest BCUT2D eigenvalue weighted by atomic mass is 32.1. The Labute approximate surface area is 861 Å². The summed E-state index contributed by atoms with van der Waals surface area (Å²) in [5.41, 5.74) is 15.8. The van der Waals surface area contributed by atoms with Crippen LogP contribution >= 0.6 is 56.7 Å². The van der Waals surface area contributed by atoms with Crippen LogP contribution in [0.1, 0.15) is 70.4 Å². The fraction of sp³-hybridized carbons (Fsp3) is 0.135. The number of carbonyl (C=O) groups is 5. The summed E-state index contributed by atoms with van der Waals surface area (Å²) in [7, 11) is 0. The van der Waals surface area contributed by atoms with Crippen molar-refractivity contribution in [2.75, 3.05) is 13.2 Å². The molecule has 0 radical (unpaired) electrons. The molecule has 1 aliphatic carbocycles. The van der Waals surface area contributed by atoms with Crippen LogP contribution in [-0.2, 0) is 37.2 Å². The first-order valence-corrected chi connectivity index (χ1v) is 51.1. The lowest BCUT2D eigenvalue weighted by Crippen LogP contribution is -2.10. The highest BCUT2D eigenvalue weighted by Crippen LogP contribution is 2.42. The molecule has 0 bridgehead atoms. The van der Waals surface area contributed by atoms with E-state index in [4.69, 9.17) is 72.9 Å². The predicted molar refractivity (Wildman–Crippen MR) is 567 cm³/mol. The lowest BCUT2D eigenvalue weighted by atomic mass is 10.1. The fourth-order valence-electron chi connectivity index (χ4n) is 16.1. The number of aromatic nitrogens is 16. The third-order valence-electron chi connectivity index (χ3n) is 22.9. The number of nitrogens with zero attached hydrogens (tertiary/aromatic N) is 16. The lowest BCUT2D eigenvalue weighted by Gasteiger charge is -2.13. The normalized spacial score (nSPS) is 11.6. The van der Waals surface area contributed by atoms with Crippen LogP contribution in [0.25, 0.3) is 136 Å². The van der Waals surface area contributed by atoms with Crippen LogP contribution < -0.4 is 47.4 Å². The van der Waals surface area contributed by atoms with E-state index in [0.717, 1.165) is 171 Å². The Kier molecular flexibility index (Phi) is 31.8. The molecule has 0 spiro atoms. The molecule has 1 saturated carbocycles. The van der Waals surface area contributed by atoms with Crippen molar-refractivity contribution in [2.45, 2.75) is 78.6 Å². The van der Waals surface area contributed by atoms with E-state index in [2.05, 4.69) is 56.7 Å². The average Bonchev–Trinajstić information content (AvgIpc) is 1.64. The minimum Gasteiger partial charge on any atom is -0.494 e. The molecular formula is C111H90N16O15S5. The molecule has 0 N–H and O–H groups in total. The van der Waals surface area contributed by atoms with Crippen molar-refractivity contribution in [2.24, 2.45) is 5.92 Å². The molecule has 36 heteroatoms. The van der Waals surface area contributed by atoms with E-state index in [1.807, 2.05) is 279 Å². The van der Waals surface area contributed by atoms with Gasteiger partial charge in [0.2, 0.25) is 55.1 Å². The second-order valence-corrected chi connectivity index (χ2v) is 37.5. The smallest absolute Gasteiger partial charge is 0.299 e. The van der Waals surface area contributed by atoms with E-state index in [-0.39, 0.29) is 35.5 Å². The number of unbranched alkanes of at least 4 members (excludes halogenated alkanes) is 1. The lowest BCUT2D eigenvalue weighted by molar-refractivity contribution is -0.121. The van der Waals surface area contributed by atoms with Crippen molar-refractivity contribution >= 4 is 144 Å². The van der Waals surface area contributed by atoms with Gasteiger partial charge in [-0.2, -0.15) is 50.4 Å². The highest BCUT2D eigenvalue weighted by Gasteiger charge is 2.26. The van der Waals surface area contributed by atoms with Gasteiger partial charge < -0.3 is 47.4 Å². The van der Waals surface area contributed by atoms with Crippen molar-refractivity contribution in [3.63, 3.8) is 0 Å². The Morgan fingerprint density at radius 3 is 0.898 bits per heavy atom. The number of thiazole rings is 5. The molecule has 1 aliphatic rings. The van der Waals surface area contributed by atoms with Crippen LogP contribution in [0.4, 0.5) is 0 Å². The molecular weight excluding hydrogens is 1960 g/mol. The predicted octanol–water partition coefficient (Wildman–Crippen LogP) is 24.5. The van der Waals surface area contributed by atoms with E-state index in [1.165, 1.54) is 69.5 Å². The van der Waals surface area contributed by atoms with E-state index in [1.54, 1.807) is 62.7 Å². The van der Waals surface area contributed by atoms with Crippen molar-refractivity contribution in [3.05, 3.63) is 336 Å². The number of ether oxygens (including phenoxy) is 10. The molecule has 0 atom stereocenters. The number of hydrogen-bond donors (Lipinski definition) is 0. The topological polar surface area (TPSA) is 344 Å². The van der Waals surface area contributed by atoms with Gasteiger partial charge in [0.25, 0.3) is 32.4 Å². The monoisotopic (exact) mass is 2050 g/mol. The Morgan fingerprint density at radius 2 is 0.605 bits per heavy atom. The summed E-state index contributed by atoms with van der Waals surface area (Å²) in [6.07, 6.45) is 10.5. The highest BCUT2D eigenvalue weighted by molar-refractivity contribution is 7.13. The van der Waals surface area contributed by atoms with Crippen LogP contribution in [-0.4, -0.2) is 130 Å². The number of hydrogen-bond acceptors (Lipinski definition) is 31. The molecule has 22 aromatic rings. The van der Waals surface area contributed by atoms with Gasteiger partial charge in [-0.15, -0.1) is 0 Å². The molecule has 11 aromatic heterocycles. The van der Waals surface area contributed by atoms with Crippen molar-refractivity contribution < 1.29 is 71.3 Å². The zero-order valence-electron chi connectivity index (χ0n) is 79.1. The van der Waals surface area contributed by atoms with E-state index in [9.17, 15) is 24.0 Å². The second-order valence-electron chi connectivity index (χ2n) is 33.3. The summed E-state index contributed by atoms with van der Waals surface area (Å²) in [6.45, 7) is 10.4. The quantitative estimate of drug-likeness (QED) is 0.0263. The third kappa shape index (κ3) is 23.7. The zero-order valence-corrected chi connectivity index (χ0v) is 83.2. The first kappa shape index (κ1) is 98.2. The SMILES string of the molecule is CC(C)COc1ccc2c(-c3ccccc3)nn(-c3nc(OC=O)cs3)c2c1.CCCCOc1ccc2c(-c3ccccc3)nn(-c3nc(OC=O)cs3)c2c1.O=COc1csc(-n2nc(-c3ccccc3)c3ccc(OC4CCCC4)cc32)n1.O=COc1csc(-n2nc(-c3ccccc3)c3ccc(OCc4ccccc4)cc32)n1.O=COc1csc(-n2nc(-c3ccccc3)c3ccc(OCc4cccnc4)cc32)n1. The molecule has 0 saturated heterocycles. The summed E-state index contributed by atoms with van der Waals surface area (Å²) in [5, 5.41) is 40.5. The maximum absolute atomic E-state index is 10.7. The van der Waals surface area contributed by atoms with Crippen molar-refractivity contribution in [1.82, 2.24) is 78.8 Å². The van der Waals surface area contributed by atoms with Gasteiger partial charge in [0.05, 0.1) is 73.8 Å². The number of fused-ring (bicyclic) bond motifs is 5. The van der Waals surface area contributed by atoms with Gasteiger partial charge in [-0.3, -0.25) is 29.0 Å². The van der Waals surface area contributed by atoms with Gasteiger partial charge in [0.15, 0.2) is 0 Å². The Morgan fingerprint density at radius 1 is 0.327 bits per heavy atom. The number of rotatable bonds is 35. The molecule has 147 heavy (non-hydrogen) atoms. The Balaban J connectivity index is 0.000000116. The summed E-state index contributed by atoms with van der Waals surface area (Å²) in [4.78, 5) is 79.1. The maximum atomic E-state index is 10.7. The molecule has 11 heterocycles. The third-order valence-corrected chi connectivity index (χ3v) is 26.9. The van der Waals surface area contributed by atoms with Crippen LogP contribution in [0, 0.1) is 5.92 Å². The largest absolute Gasteiger partial charge is 0.494 e. The van der Waals surface area contributed by atoms with Gasteiger partial charge in [-0.05, 0) is 110 Å². The van der Waals surface area contributed by atoms with Crippen LogP contribution in [0.3, 0.4) is 0 Å². The summed E-state index contributed by atoms with van der Waals surface area (Å²) in [5.74, 6) is 5.56. The van der Waals surface area contributed by atoms with Gasteiger partial charge in [0.1, 0.15) is 70.4 Å². The van der Waals surface area contributed by atoms with Crippen LogP contribution in [0.5, 0.6) is 58.1 Å². The van der Waals surface area contributed by atoms with Crippen LogP contribution in [0.15, 0.2) is 324 Å². The molecule has 0 aliphatic heterocycles. The average molecular weight is 2050 g/mol. The van der Waals surface area contributed by atoms with Crippen molar-refractivity contribution in [3.8, 4) is 140 Å². The molecule has 31 nitrogen and oxygen atoms in total. The van der Waals surface area contributed by atoms with Crippen molar-refractivity contribution in [1.29, 1.82) is 0 Å². The van der Waals surface area contributed by atoms with Gasteiger partial charge in [0, 0.05) is 103 Å². The number of benzene rings is 11. The molecule has 0 unspecified atom stereocenters. The van der Waals surface area contributed by atoms with Gasteiger partial charge in [-0.25, -0.2) is 23.4 Å². The minimum absolute atomic E-state index is 0.240. The number of pyridine rings is 1. The second kappa shape index (κ2) is 47.5. The standard InChI is InChI=1S/C24H17N3O3S.C23H16N4O3S.C22H19N3O3S.2C21H19N3O3S/c28-16-30-22-15-31-24(25-22)27-21-13-19(29-14-17-7-3-1-4-8-17)11-12-20(21)23(26-27)18-9-5-2-6-10-18;28-15-30-21-14-31-23(25-21)27-20-11-18(29-13-16-5-4-10-24-12-16)8-9-19(20)22(26-27)17-6-2-1-3-7-17;26-14-27-20-13-29-22(23-20)25-19-12-17(28-16-8-4-5-9-16)10-11-18(19)21(24-25)15-6-2-1-3-7-15;1-14(2)11-26-16-8-9-17-18(10-16)24(21-22-19(12-28-21)27-13-25)23-20(17)15-6-4-3-5-7-15;1-2-3-11-26-16-9-10-17-18(12-16)24(21-22-19(13-28-21)27-14-25)23-20(17)15-7-5-4-6-8-15/h1-13,15-16H,14H2;1-12,14-15H,13H2;1-3,6-7,10-14,16H,4-5,8-9H2;3-10,12-14H,11H2,1-2H3;4-10,12-14H,2-3,11H2,1H3. The maximum Gasteiger partial charge on any atom is 0.299 e. The molecule has 11 aromatic carbocycles. The molecule has 23 rings (SSSR count). The van der Waals surface area contributed by atoms with E-state index >= 15 is 0 Å². The molecule has 734 valence electrons. The van der Waals surface area contributed by atoms with E-state index < -0.39 is 0 Å². The first-order valence-electron chi connectivity index (χ1n) is 46.7. The summed E-state index contributed by atoms with van der Waals surface area (Å²) < 4.78 is 63.1. The van der Waals surface area contributed by atoms with E-state index in [0.29, 0.717) is 96.1 Å². The van der Waals surface area contributed by atoms with Gasteiger partial charge in [-0.1, -0.05) is 272 Å².